The SMILES string of the molecule is Cn1c(N=C(N)N)nc2cc(Cl)c(S(N)(=O)=O)cc21. The monoisotopic (exact) mass is 302 g/mol. The summed E-state index contributed by atoms with van der Waals surface area (Å²) in [5, 5.41) is 5.07. The van der Waals surface area contributed by atoms with E-state index in [0.29, 0.717) is 11.0 Å². The number of aryl methyl sites for hydroxylation is 1. The van der Waals surface area contributed by atoms with Gasteiger partial charge >= 0.3 is 0 Å². The van der Waals surface area contributed by atoms with Crippen LogP contribution < -0.4 is 16.6 Å². The minimum atomic E-state index is -3.91. The maximum atomic E-state index is 11.4. The second-order valence-electron chi connectivity index (χ2n) is 3.82. The van der Waals surface area contributed by atoms with E-state index in [1.807, 2.05) is 0 Å². The number of aromatic nitrogens is 2. The van der Waals surface area contributed by atoms with E-state index in [9.17, 15) is 8.42 Å². The van der Waals surface area contributed by atoms with Gasteiger partial charge in [-0.1, -0.05) is 11.6 Å². The van der Waals surface area contributed by atoms with Crippen LogP contribution >= 0.6 is 11.6 Å². The van der Waals surface area contributed by atoms with E-state index in [2.05, 4.69) is 9.98 Å². The van der Waals surface area contributed by atoms with Gasteiger partial charge in [-0.2, -0.15) is 4.99 Å². The Hall–Kier alpha value is -1.84. The molecule has 0 amide bonds. The highest BCUT2D eigenvalue weighted by atomic mass is 35.5. The van der Waals surface area contributed by atoms with E-state index < -0.39 is 10.0 Å². The predicted molar refractivity (Wildman–Crippen MR) is 72.6 cm³/mol. The third-order valence-electron chi connectivity index (χ3n) is 2.45. The van der Waals surface area contributed by atoms with Crippen LogP contribution in [0.3, 0.4) is 0 Å². The van der Waals surface area contributed by atoms with Crippen molar-refractivity contribution in [2.45, 2.75) is 4.90 Å². The summed E-state index contributed by atoms with van der Waals surface area (Å²) in [4.78, 5) is 7.77. The van der Waals surface area contributed by atoms with Crippen LogP contribution in [-0.4, -0.2) is 23.9 Å². The number of hydrogen-bond acceptors (Lipinski definition) is 4. The minimum Gasteiger partial charge on any atom is -0.370 e. The molecule has 8 nitrogen and oxygen atoms in total. The van der Waals surface area contributed by atoms with Crippen LogP contribution in [0.4, 0.5) is 5.95 Å². The zero-order chi connectivity index (χ0) is 14.4. The highest BCUT2D eigenvalue weighted by Gasteiger charge is 2.17. The van der Waals surface area contributed by atoms with E-state index >= 15 is 0 Å². The number of primary sulfonamides is 1. The molecule has 0 spiro atoms. The summed E-state index contributed by atoms with van der Waals surface area (Å²) in [6.07, 6.45) is 0. The number of nitrogens with two attached hydrogens (primary N) is 3. The van der Waals surface area contributed by atoms with Crippen LogP contribution in [0.5, 0.6) is 0 Å². The van der Waals surface area contributed by atoms with E-state index in [0.717, 1.165) is 0 Å². The fourth-order valence-corrected chi connectivity index (χ4v) is 2.70. The van der Waals surface area contributed by atoms with Crippen molar-refractivity contribution in [3.8, 4) is 0 Å². The third-order valence-corrected chi connectivity index (χ3v) is 3.82. The largest absolute Gasteiger partial charge is 0.370 e. The Morgan fingerprint density at radius 1 is 1.42 bits per heavy atom. The molecule has 0 aliphatic rings. The van der Waals surface area contributed by atoms with Gasteiger partial charge in [0.05, 0.1) is 16.1 Å². The second-order valence-corrected chi connectivity index (χ2v) is 5.76. The lowest BCUT2D eigenvalue weighted by atomic mass is 10.3. The maximum Gasteiger partial charge on any atom is 0.239 e. The summed E-state index contributed by atoms with van der Waals surface area (Å²) in [5.74, 6) is 0.0776. The normalized spacial score (nSPS) is 11.7. The van der Waals surface area contributed by atoms with Gasteiger partial charge in [-0.15, -0.1) is 0 Å². The van der Waals surface area contributed by atoms with Gasteiger partial charge in [0.15, 0.2) is 5.96 Å². The van der Waals surface area contributed by atoms with Crippen molar-refractivity contribution < 1.29 is 8.42 Å². The molecule has 0 fully saturated rings. The highest BCUT2D eigenvalue weighted by Crippen LogP contribution is 2.28. The van der Waals surface area contributed by atoms with Gasteiger partial charge in [-0.3, -0.25) is 0 Å². The first-order valence-electron chi connectivity index (χ1n) is 4.98. The first kappa shape index (κ1) is 13.6. The molecule has 0 unspecified atom stereocenters. The molecular weight excluding hydrogens is 292 g/mol. The lowest BCUT2D eigenvalue weighted by Gasteiger charge is -2.02. The molecule has 1 aromatic heterocycles. The molecule has 1 aromatic carbocycles. The third kappa shape index (κ3) is 2.48. The lowest BCUT2D eigenvalue weighted by Crippen LogP contribution is -2.22. The predicted octanol–water partition coefficient (Wildman–Crippen LogP) is -0.221. The van der Waals surface area contributed by atoms with Gasteiger partial charge < -0.3 is 16.0 Å². The molecule has 1 heterocycles. The summed E-state index contributed by atoms with van der Waals surface area (Å²) in [7, 11) is -2.28. The quantitative estimate of drug-likeness (QED) is 0.519. The summed E-state index contributed by atoms with van der Waals surface area (Å²) in [6, 6.07) is 2.72. The second kappa shape index (κ2) is 4.37. The van der Waals surface area contributed by atoms with E-state index in [-0.39, 0.29) is 21.8 Å². The number of fused-ring (bicyclic) bond motifs is 1. The zero-order valence-electron chi connectivity index (χ0n) is 9.83. The lowest BCUT2D eigenvalue weighted by molar-refractivity contribution is 0.598. The molecule has 2 aromatic rings. The first-order chi connectivity index (χ1) is 8.70. The zero-order valence-corrected chi connectivity index (χ0v) is 11.4. The fourth-order valence-electron chi connectivity index (χ4n) is 1.61. The molecule has 10 heteroatoms. The van der Waals surface area contributed by atoms with Gasteiger partial charge in [0.1, 0.15) is 4.90 Å². The van der Waals surface area contributed by atoms with Gasteiger partial charge in [0.25, 0.3) is 0 Å². The average Bonchev–Trinajstić information content (AvgIpc) is 2.52. The van der Waals surface area contributed by atoms with Crippen LogP contribution in [-0.2, 0) is 17.1 Å². The number of aliphatic imine (C=N–C) groups is 1. The van der Waals surface area contributed by atoms with Gasteiger partial charge in [0, 0.05) is 7.05 Å². The number of imidazole rings is 1. The Morgan fingerprint density at radius 3 is 2.58 bits per heavy atom. The minimum absolute atomic E-state index is 0.00986. The molecule has 0 atom stereocenters. The Balaban J connectivity index is 2.80. The number of benzene rings is 1. The molecular formula is C9H11ClN6O2S. The fraction of sp³-hybridized carbons (Fsp3) is 0.111. The molecule has 0 aliphatic carbocycles. The van der Waals surface area contributed by atoms with E-state index in [4.69, 9.17) is 28.2 Å². The van der Waals surface area contributed by atoms with Crippen molar-refractivity contribution in [2.24, 2.45) is 28.6 Å². The van der Waals surface area contributed by atoms with Crippen LogP contribution in [0, 0.1) is 0 Å². The van der Waals surface area contributed by atoms with Gasteiger partial charge in [-0.05, 0) is 12.1 Å². The summed E-state index contributed by atoms with van der Waals surface area (Å²) in [6.45, 7) is 0. The Bertz CT molecular complexity index is 791. The molecule has 0 saturated heterocycles. The Labute approximate surface area is 113 Å². The molecule has 0 radical (unpaired) electrons. The number of nitrogens with zero attached hydrogens (tertiary/aromatic N) is 3. The average molecular weight is 303 g/mol. The van der Waals surface area contributed by atoms with E-state index in [1.54, 1.807) is 7.05 Å². The van der Waals surface area contributed by atoms with Crippen molar-refractivity contribution in [3.63, 3.8) is 0 Å². The van der Waals surface area contributed by atoms with Crippen molar-refractivity contribution >= 4 is 44.6 Å². The van der Waals surface area contributed by atoms with Crippen LogP contribution in [0.15, 0.2) is 22.0 Å². The first-order valence-corrected chi connectivity index (χ1v) is 6.91. The number of halogens is 1. The number of sulfonamides is 1. The van der Waals surface area contributed by atoms with Crippen molar-refractivity contribution in [3.05, 3.63) is 17.2 Å². The van der Waals surface area contributed by atoms with Crippen LogP contribution in [0.25, 0.3) is 11.0 Å². The highest BCUT2D eigenvalue weighted by molar-refractivity contribution is 7.89. The maximum absolute atomic E-state index is 11.4. The summed E-state index contributed by atoms with van der Waals surface area (Å²) >= 11 is 5.86. The molecule has 2 rings (SSSR count). The number of hydrogen-bond donors (Lipinski definition) is 3. The number of guanidine groups is 1. The van der Waals surface area contributed by atoms with E-state index in [1.165, 1.54) is 16.7 Å². The van der Waals surface area contributed by atoms with Crippen molar-refractivity contribution in [1.82, 2.24) is 9.55 Å². The number of rotatable bonds is 2. The van der Waals surface area contributed by atoms with Gasteiger partial charge in [-0.25, -0.2) is 18.5 Å². The molecule has 0 aliphatic heterocycles. The molecule has 0 saturated carbocycles. The molecule has 6 N–H and O–H groups in total. The van der Waals surface area contributed by atoms with Crippen LogP contribution in [0.1, 0.15) is 0 Å². The molecule has 0 bridgehead atoms. The Morgan fingerprint density at radius 2 is 2.05 bits per heavy atom. The Kier molecular flexibility index (Phi) is 3.12. The van der Waals surface area contributed by atoms with Crippen molar-refractivity contribution in [2.75, 3.05) is 0 Å². The standard InChI is InChI=1S/C9H11ClN6O2S/c1-16-6-3-7(19(13,17)18)4(10)2-5(6)14-9(16)15-8(11)12/h2-3H,1H3,(H2,13,17,18)(H4,11,12,14,15). The summed E-state index contributed by atoms with van der Waals surface area (Å²) in [5.41, 5.74) is 11.5. The molecule has 102 valence electrons. The molecule has 19 heavy (non-hydrogen) atoms. The summed E-state index contributed by atoms with van der Waals surface area (Å²) < 4.78 is 24.3. The smallest absolute Gasteiger partial charge is 0.239 e. The van der Waals surface area contributed by atoms with Crippen LogP contribution in [0.2, 0.25) is 5.02 Å². The topological polar surface area (TPSA) is 142 Å². The van der Waals surface area contributed by atoms with Gasteiger partial charge in [0.2, 0.25) is 16.0 Å². The van der Waals surface area contributed by atoms with Crippen molar-refractivity contribution in [1.29, 1.82) is 0 Å².